The van der Waals surface area contributed by atoms with Crippen LogP contribution in [0.3, 0.4) is 0 Å². The van der Waals surface area contributed by atoms with Gasteiger partial charge in [-0.1, -0.05) is 6.07 Å². The van der Waals surface area contributed by atoms with Gasteiger partial charge in [-0.15, -0.1) is 0 Å². The summed E-state index contributed by atoms with van der Waals surface area (Å²) in [7, 11) is -4.40. The highest BCUT2D eigenvalue weighted by atomic mass is 32.2. The zero-order valence-electron chi connectivity index (χ0n) is 15.6. The van der Waals surface area contributed by atoms with Gasteiger partial charge in [-0.3, -0.25) is 14.4 Å². The van der Waals surface area contributed by atoms with E-state index in [1.165, 1.54) is 4.90 Å². The Bertz CT molecular complexity index is 912. The Balaban J connectivity index is 1.83. The molecule has 1 saturated heterocycles. The summed E-state index contributed by atoms with van der Waals surface area (Å²) in [5.41, 5.74) is 4.05. The molecule has 0 aromatic heterocycles. The van der Waals surface area contributed by atoms with Crippen LogP contribution in [-0.2, 0) is 35.3 Å². The van der Waals surface area contributed by atoms with Gasteiger partial charge < -0.3 is 15.4 Å². The second-order valence-electron chi connectivity index (χ2n) is 6.57. The van der Waals surface area contributed by atoms with Crippen molar-refractivity contribution >= 4 is 27.8 Å². The van der Waals surface area contributed by atoms with Crippen molar-refractivity contribution in [3.8, 4) is 0 Å². The third kappa shape index (κ3) is 6.42. The number of alkyl halides is 3. The van der Waals surface area contributed by atoms with E-state index in [0.29, 0.717) is 25.0 Å². The zero-order valence-corrected chi connectivity index (χ0v) is 16.5. The molecule has 13 heteroatoms. The standard InChI is InChI=1S/C17H20F3N3O6S/c18-17(19,20)12-2-1-3-13(8-12)30(27,28)22-9-15(25)29-10-14(24)23-6-4-11(5-7-23)16(21)26/h1-3,8,11,22H,4-7,9-10H2,(H2,21,26). The van der Waals surface area contributed by atoms with Crippen LogP contribution in [0.25, 0.3) is 0 Å². The summed E-state index contributed by atoms with van der Waals surface area (Å²) < 4.78 is 68.9. The molecule has 0 aliphatic carbocycles. The van der Waals surface area contributed by atoms with Crippen LogP contribution in [0.5, 0.6) is 0 Å². The summed E-state index contributed by atoms with van der Waals surface area (Å²) in [6.07, 6.45) is -3.94. The summed E-state index contributed by atoms with van der Waals surface area (Å²) in [5.74, 6) is -2.36. The molecule has 1 aliphatic rings. The molecule has 1 aromatic rings. The minimum absolute atomic E-state index is 0.270. The van der Waals surface area contributed by atoms with Crippen LogP contribution < -0.4 is 10.5 Å². The first-order valence-corrected chi connectivity index (χ1v) is 10.3. The van der Waals surface area contributed by atoms with Crippen molar-refractivity contribution in [1.29, 1.82) is 0 Å². The fourth-order valence-electron chi connectivity index (χ4n) is 2.77. The van der Waals surface area contributed by atoms with Gasteiger partial charge in [-0.2, -0.15) is 17.9 Å². The molecule has 2 rings (SSSR count). The molecule has 9 nitrogen and oxygen atoms in total. The molecule has 0 atom stereocenters. The number of halogens is 3. The van der Waals surface area contributed by atoms with Gasteiger partial charge in [0.25, 0.3) is 5.91 Å². The van der Waals surface area contributed by atoms with Crippen molar-refractivity contribution < 1.29 is 40.7 Å². The van der Waals surface area contributed by atoms with E-state index >= 15 is 0 Å². The summed E-state index contributed by atoms with van der Waals surface area (Å²) in [5, 5.41) is 0. The van der Waals surface area contributed by atoms with E-state index in [2.05, 4.69) is 0 Å². The van der Waals surface area contributed by atoms with Crippen molar-refractivity contribution in [3.05, 3.63) is 29.8 Å². The highest BCUT2D eigenvalue weighted by Gasteiger charge is 2.32. The first-order chi connectivity index (χ1) is 13.9. The lowest BCUT2D eigenvalue weighted by molar-refractivity contribution is -0.151. The second kappa shape index (κ2) is 9.43. The topological polar surface area (TPSA) is 136 Å². The van der Waals surface area contributed by atoms with E-state index < -0.39 is 57.6 Å². The molecular formula is C17H20F3N3O6S. The van der Waals surface area contributed by atoms with Crippen LogP contribution in [0.2, 0.25) is 0 Å². The molecule has 1 fully saturated rings. The quantitative estimate of drug-likeness (QED) is 0.571. The molecule has 3 N–H and O–H groups in total. The number of hydrogen-bond donors (Lipinski definition) is 2. The molecule has 1 aliphatic heterocycles. The molecule has 30 heavy (non-hydrogen) atoms. The highest BCUT2D eigenvalue weighted by molar-refractivity contribution is 7.89. The van der Waals surface area contributed by atoms with Crippen LogP contribution in [0.15, 0.2) is 29.2 Å². The van der Waals surface area contributed by atoms with Gasteiger partial charge in [0.05, 0.1) is 10.5 Å². The van der Waals surface area contributed by atoms with Crippen LogP contribution in [0, 0.1) is 5.92 Å². The van der Waals surface area contributed by atoms with Gasteiger partial charge in [0.15, 0.2) is 6.61 Å². The molecule has 0 saturated carbocycles. The molecule has 0 unspecified atom stereocenters. The number of likely N-dealkylation sites (tertiary alicyclic amines) is 1. The number of nitrogens with one attached hydrogen (secondary N) is 1. The number of primary amides is 1. The van der Waals surface area contributed by atoms with Gasteiger partial charge >= 0.3 is 12.1 Å². The van der Waals surface area contributed by atoms with E-state index in [9.17, 15) is 36.0 Å². The number of hydrogen-bond acceptors (Lipinski definition) is 6. The molecule has 1 heterocycles. The molecule has 0 spiro atoms. The number of carbonyl (C=O) groups excluding carboxylic acids is 3. The number of nitrogens with zero attached hydrogens (tertiary/aromatic N) is 1. The van der Waals surface area contributed by atoms with E-state index in [0.717, 1.165) is 12.1 Å². The Labute approximate surface area is 170 Å². The predicted octanol–water partition coefficient (Wildman–Crippen LogP) is 0.251. The average molecular weight is 451 g/mol. The summed E-state index contributed by atoms with van der Waals surface area (Å²) >= 11 is 0. The van der Waals surface area contributed by atoms with Gasteiger partial charge in [0.2, 0.25) is 15.9 Å². The minimum atomic E-state index is -4.73. The first kappa shape index (κ1) is 23.6. The van der Waals surface area contributed by atoms with Crippen LogP contribution in [0.4, 0.5) is 13.2 Å². The third-order valence-corrected chi connectivity index (χ3v) is 5.88. The van der Waals surface area contributed by atoms with Gasteiger partial charge in [0.1, 0.15) is 6.54 Å². The fraction of sp³-hybridized carbons (Fsp3) is 0.471. The molecule has 166 valence electrons. The van der Waals surface area contributed by atoms with Crippen molar-refractivity contribution in [2.45, 2.75) is 23.9 Å². The Morgan fingerprint density at radius 1 is 1.20 bits per heavy atom. The van der Waals surface area contributed by atoms with Crippen LogP contribution in [-0.4, -0.2) is 57.3 Å². The van der Waals surface area contributed by atoms with E-state index in [4.69, 9.17) is 10.5 Å². The number of ether oxygens (including phenoxy) is 1. The minimum Gasteiger partial charge on any atom is -0.455 e. The maximum absolute atomic E-state index is 12.7. The number of nitrogens with two attached hydrogens (primary N) is 1. The third-order valence-electron chi connectivity index (χ3n) is 4.48. The fourth-order valence-corrected chi connectivity index (χ4v) is 3.79. The number of rotatable bonds is 7. The largest absolute Gasteiger partial charge is 0.455 e. The Hall–Kier alpha value is -2.67. The van der Waals surface area contributed by atoms with Crippen LogP contribution >= 0.6 is 0 Å². The van der Waals surface area contributed by atoms with E-state index in [-0.39, 0.29) is 19.0 Å². The lowest BCUT2D eigenvalue weighted by Crippen LogP contribution is -2.43. The van der Waals surface area contributed by atoms with Gasteiger partial charge in [0, 0.05) is 19.0 Å². The molecule has 1 aromatic carbocycles. The number of benzene rings is 1. The molecular weight excluding hydrogens is 431 g/mol. The number of piperidine rings is 1. The van der Waals surface area contributed by atoms with Gasteiger partial charge in [-0.25, -0.2) is 8.42 Å². The maximum Gasteiger partial charge on any atom is 0.416 e. The smallest absolute Gasteiger partial charge is 0.416 e. The lowest BCUT2D eigenvalue weighted by Gasteiger charge is -2.30. The average Bonchev–Trinajstić information content (AvgIpc) is 2.70. The van der Waals surface area contributed by atoms with Crippen molar-refractivity contribution in [2.24, 2.45) is 11.7 Å². The number of esters is 1. The summed E-state index contributed by atoms with van der Waals surface area (Å²) in [6, 6.07) is 3.02. The monoisotopic (exact) mass is 451 g/mol. The number of amides is 2. The van der Waals surface area contributed by atoms with Gasteiger partial charge in [-0.05, 0) is 31.0 Å². The number of carbonyl (C=O) groups is 3. The SMILES string of the molecule is NC(=O)C1CCN(C(=O)COC(=O)CNS(=O)(=O)c2cccc(C(F)(F)F)c2)CC1. The molecule has 0 bridgehead atoms. The second-order valence-corrected chi connectivity index (χ2v) is 8.34. The normalized spacial score (nSPS) is 15.6. The van der Waals surface area contributed by atoms with E-state index in [1.54, 1.807) is 0 Å². The van der Waals surface area contributed by atoms with Crippen LogP contribution in [0.1, 0.15) is 18.4 Å². The maximum atomic E-state index is 12.7. The Kier molecular flexibility index (Phi) is 7.42. The van der Waals surface area contributed by atoms with E-state index in [1.807, 2.05) is 4.72 Å². The molecule has 0 radical (unpaired) electrons. The molecule has 2 amide bonds. The first-order valence-electron chi connectivity index (χ1n) is 8.80. The summed E-state index contributed by atoms with van der Waals surface area (Å²) in [4.78, 5) is 35.6. The zero-order chi connectivity index (χ0) is 22.5. The Morgan fingerprint density at radius 2 is 1.83 bits per heavy atom. The van der Waals surface area contributed by atoms with Crippen molar-refractivity contribution in [2.75, 3.05) is 26.2 Å². The van der Waals surface area contributed by atoms with Crippen molar-refractivity contribution in [3.63, 3.8) is 0 Å². The lowest BCUT2D eigenvalue weighted by atomic mass is 9.96. The predicted molar refractivity (Wildman–Crippen MR) is 96.1 cm³/mol. The Morgan fingerprint density at radius 3 is 2.40 bits per heavy atom. The number of sulfonamides is 1. The van der Waals surface area contributed by atoms with Crippen molar-refractivity contribution in [1.82, 2.24) is 9.62 Å². The summed E-state index contributed by atoms with van der Waals surface area (Å²) in [6.45, 7) is -0.959. The highest BCUT2D eigenvalue weighted by Crippen LogP contribution is 2.30.